The van der Waals surface area contributed by atoms with E-state index in [1.165, 1.54) is 18.5 Å². The Morgan fingerprint density at radius 1 is 1.24 bits per heavy atom. The summed E-state index contributed by atoms with van der Waals surface area (Å²) in [5, 5.41) is 0. The van der Waals surface area contributed by atoms with Crippen LogP contribution in [0.25, 0.3) is 0 Å². The zero-order valence-electron chi connectivity index (χ0n) is 10.9. The number of rotatable bonds is 1. The molecule has 1 aliphatic rings. The number of pyridine rings is 1. The molecule has 1 saturated heterocycles. The summed E-state index contributed by atoms with van der Waals surface area (Å²) in [7, 11) is 0. The molecule has 2 heterocycles. The van der Waals surface area contributed by atoms with Gasteiger partial charge in [-0.2, -0.15) is 0 Å². The lowest BCUT2D eigenvalue weighted by atomic mass is 9.75. The Balaban J connectivity index is 2.00. The minimum atomic E-state index is 0.446. The number of nitrogens with zero attached hydrogens (tertiary/aromatic N) is 2. The molecule has 0 aromatic carbocycles. The van der Waals surface area contributed by atoms with Crippen LogP contribution in [0.2, 0.25) is 0 Å². The molecule has 94 valence electrons. The van der Waals surface area contributed by atoms with Crippen LogP contribution < -0.4 is 4.90 Å². The first-order chi connectivity index (χ1) is 7.97. The van der Waals surface area contributed by atoms with E-state index in [1.54, 1.807) is 0 Å². The number of aromatic nitrogens is 1. The Kier molecular flexibility index (Phi) is 3.76. The van der Waals surface area contributed by atoms with E-state index in [0.29, 0.717) is 5.41 Å². The maximum Gasteiger partial charge on any atom is 0.0564 e. The van der Waals surface area contributed by atoms with E-state index < -0.39 is 0 Å². The average molecular weight is 297 g/mol. The highest BCUT2D eigenvalue weighted by atomic mass is 79.9. The third kappa shape index (κ3) is 3.21. The minimum absolute atomic E-state index is 0.446. The van der Waals surface area contributed by atoms with Gasteiger partial charge in [0.05, 0.1) is 11.9 Å². The van der Waals surface area contributed by atoms with Crippen molar-refractivity contribution >= 4 is 21.6 Å². The lowest BCUT2D eigenvalue weighted by Gasteiger charge is -2.39. The molecule has 0 atom stereocenters. The Morgan fingerprint density at radius 3 is 2.41 bits per heavy atom. The summed E-state index contributed by atoms with van der Waals surface area (Å²) < 4.78 is 1.06. The van der Waals surface area contributed by atoms with Gasteiger partial charge in [0.1, 0.15) is 0 Å². The first-order valence-corrected chi connectivity index (χ1v) is 7.11. The third-order valence-electron chi connectivity index (χ3n) is 3.78. The fourth-order valence-corrected chi connectivity index (χ4v) is 2.93. The lowest BCUT2D eigenvalue weighted by Crippen LogP contribution is -2.38. The van der Waals surface area contributed by atoms with Crippen LogP contribution in [-0.2, 0) is 0 Å². The van der Waals surface area contributed by atoms with Crippen LogP contribution in [0.1, 0.15) is 33.6 Å². The van der Waals surface area contributed by atoms with Crippen LogP contribution in [-0.4, -0.2) is 18.1 Å². The molecular weight excluding hydrogens is 276 g/mol. The Labute approximate surface area is 113 Å². The summed E-state index contributed by atoms with van der Waals surface area (Å²) in [5.41, 5.74) is 1.69. The van der Waals surface area contributed by atoms with Crippen LogP contribution in [0.3, 0.4) is 0 Å². The Hall–Kier alpha value is -0.570. The van der Waals surface area contributed by atoms with Gasteiger partial charge >= 0.3 is 0 Å². The van der Waals surface area contributed by atoms with Crippen LogP contribution in [0.15, 0.2) is 22.9 Å². The smallest absolute Gasteiger partial charge is 0.0564 e. The molecule has 3 heteroatoms. The summed E-state index contributed by atoms with van der Waals surface area (Å²) in [6.45, 7) is 9.37. The van der Waals surface area contributed by atoms with E-state index in [0.717, 1.165) is 23.5 Å². The van der Waals surface area contributed by atoms with E-state index in [-0.39, 0.29) is 0 Å². The molecule has 0 bridgehead atoms. The second-order valence-electron chi connectivity index (χ2n) is 5.99. The van der Waals surface area contributed by atoms with Gasteiger partial charge in [-0.15, -0.1) is 0 Å². The van der Waals surface area contributed by atoms with Gasteiger partial charge in [0.15, 0.2) is 0 Å². The second-order valence-corrected chi connectivity index (χ2v) is 6.90. The molecule has 1 aliphatic heterocycles. The highest BCUT2D eigenvalue weighted by Crippen LogP contribution is 2.35. The molecule has 1 aromatic heterocycles. The van der Waals surface area contributed by atoms with Crippen molar-refractivity contribution in [2.75, 3.05) is 18.0 Å². The van der Waals surface area contributed by atoms with Gasteiger partial charge in [-0.3, -0.25) is 4.98 Å². The molecule has 0 spiro atoms. The minimum Gasteiger partial charge on any atom is -0.370 e. The van der Waals surface area contributed by atoms with E-state index in [2.05, 4.69) is 52.7 Å². The maximum absolute atomic E-state index is 4.24. The van der Waals surface area contributed by atoms with Crippen molar-refractivity contribution in [3.63, 3.8) is 0 Å². The molecule has 0 saturated carbocycles. The number of anilines is 1. The number of halogens is 1. The van der Waals surface area contributed by atoms with Crippen LogP contribution in [0.5, 0.6) is 0 Å². The molecular formula is C14H21BrN2. The molecule has 0 aliphatic carbocycles. The Bertz CT molecular complexity index is 376. The molecule has 0 unspecified atom stereocenters. The van der Waals surface area contributed by atoms with Gasteiger partial charge < -0.3 is 4.90 Å². The summed E-state index contributed by atoms with van der Waals surface area (Å²) in [4.78, 5) is 6.68. The van der Waals surface area contributed by atoms with Gasteiger partial charge in [-0.25, -0.2) is 0 Å². The van der Waals surface area contributed by atoms with E-state index in [9.17, 15) is 0 Å². The van der Waals surface area contributed by atoms with Crippen molar-refractivity contribution in [1.82, 2.24) is 4.98 Å². The number of hydrogen-bond donors (Lipinski definition) is 0. The number of piperidine rings is 1. The van der Waals surface area contributed by atoms with Gasteiger partial charge in [0, 0.05) is 23.8 Å². The van der Waals surface area contributed by atoms with Crippen molar-refractivity contribution in [3.05, 3.63) is 22.9 Å². The first-order valence-electron chi connectivity index (χ1n) is 6.32. The van der Waals surface area contributed by atoms with E-state index in [1.807, 2.05) is 12.4 Å². The molecule has 2 nitrogen and oxygen atoms in total. The highest BCUT2D eigenvalue weighted by Gasteiger charge is 2.28. The molecule has 0 amide bonds. The highest BCUT2D eigenvalue weighted by molar-refractivity contribution is 9.10. The largest absolute Gasteiger partial charge is 0.370 e. The van der Waals surface area contributed by atoms with E-state index in [4.69, 9.17) is 0 Å². The zero-order valence-corrected chi connectivity index (χ0v) is 12.5. The van der Waals surface area contributed by atoms with Crippen molar-refractivity contribution in [2.45, 2.75) is 33.6 Å². The average Bonchev–Trinajstić information content (AvgIpc) is 2.28. The van der Waals surface area contributed by atoms with Gasteiger partial charge in [0.25, 0.3) is 0 Å². The molecule has 0 N–H and O–H groups in total. The first kappa shape index (κ1) is 12.9. The van der Waals surface area contributed by atoms with E-state index >= 15 is 0 Å². The molecule has 17 heavy (non-hydrogen) atoms. The second kappa shape index (κ2) is 4.97. The zero-order chi connectivity index (χ0) is 12.5. The van der Waals surface area contributed by atoms with Crippen molar-refractivity contribution in [2.24, 2.45) is 11.3 Å². The summed E-state index contributed by atoms with van der Waals surface area (Å²) in [6.07, 6.45) is 6.37. The number of hydrogen-bond acceptors (Lipinski definition) is 2. The molecule has 1 fully saturated rings. The standard InChI is InChI=1S/C14H21BrN2/c1-14(2,3)11-4-6-17(7-5-11)13-8-12(15)9-16-10-13/h8-11H,4-7H2,1-3H3. The van der Waals surface area contributed by atoms with Crippen LogP contribution in [0.4, 0.5) is 5.69 Å². The Morgan fingerprint density at radius 2 is 1.88 bits per heavy atom. The van der Waals surface area contributed by atoms with Gasteiger partial charge in [-0.1, -0.05) is 20.8 Å². The summed E-state index contributed by atoms with van der Waals surface area (Å²) >= 11 is 3.48. The predicted molar refractivity (Wildman–Crippen MR) is 76.3 cm³/mol. The van der Waals surface area contributed by atoms with Crippen molar-refractivity contribution in [1.29, 1.82) is 0 Å². The SMILES string of the molecule is CC(C)(C)C1CCN(c2cncc(Br)c2)CC1. The summed E-state index contributed by atoms with van der Waals surface area (Å²) in [5.74, 6) is 0.846. The molecule has 1 aromatic rings. The quantitative estimate of drug-likeness (QED) is 0.775. The maximum atomic E-state index is 4.24. The summed E-state index contributed by atoms with van der Waals surface area (Å²) in [6, 6.07) is 2.16. The normalized spacial score (nSPS) is 18.5. The fraction of sp³-hybridized carbons (Fsp3) is 0.643. The fourth-order valence-electron chi connectivity index (χ4n) is 2.58. The topological polar surface area (TPSA) is 16.1 Å². The van der Waals surface area contributed by atoms with Crippen molar-refractivity contribution < 1.29 is 0 Å². The molecule has 2 rings (SSSR count). The van der Waals surface area contributed by atoms with Crippen molar-refractivity contribution in [3.8, 4) is 0 Å². The lowest BCUT2D eigenvalue weighted by molar-refractivity contribution is 0.199. The van der Waals surface area contributed by atoms with Crippen LogP contribution in [0, 0.1) is 11.3 Å². The molecule has 0 radical (unpaired) electrons. The monoisotopic (exact) mass is 296 g/mol. The van der Waals surface area contributed by atoms with Crippen LogP contribution >= 0.6 is 15.9 Å². The van der Waals surface area contributed by atoms with Gasteiger partial charge in [-0.05, 0) is 46.2 Å². The van der Waals surface area contributed by atoms with Gasteiger partial charge in [0.2, 0.25) is 0 Å². The predicted octanol–water partition coefficient (Wildman–Crippen LogP) is 4.11. The third-order valence-corrected chi connectivity index (χ3v) is 4.21.